The van der Waals surface area contributed by atoms with Crippen LogP contribution < -0.4 is 4.90 Å². The van der Waals surface area contributed by atoms with Gasteiger partial charge >= 0.3 is 6.09 Å². The largest absolute Gasteiger partial charge is 0.439 e. The Morgan fingerprint density at radius 3 is 2.79 bits per heavy atom. The number of anilines is 1. The number of fused-ring (bicyclic) bond motifs is 2. The molecule has 4 saturated heterocycles. The van der Waals surface area contributed by atoms with Gasteiger partial charge in [0.25, 0.3) is 0 Å². The Bertz CT molecular complexity index is 770. The summed E-state index contributed by atoms with van der Waals surface area (Å²) >= 11 is 1.63. The molecule has 5 nitrogen and oxygen atoms in total. The fourth-order valence-electron chi connectivity index (χ4n) is 4.32. The van der Waals surface area contributed by atoms with Crippen LogP contribution in [0, 0.1) is 5.92 Å². The van der Waals surface area contributed by atoms with E-state index in [1.165, 1.54) is 0 Å². The molecule has 6 rings (SSSR count). The first-order valence-electron chi connectivity index (χ1n) is 8.47. The number of carbonyl (C=O) groups is 1. The van der Waals surface area contributed by atoms with Crippen LogP contribution in [-0.4, -0.2) is 47.8 Å². The molecule has 4 aliphatic heterocycles. The molecule has 1 unspecified atom stereocenters. The topological polar surface area (TPSA) is 45.7 Å². The van der Waals surface area contributed by atoms with Gasteiger partial charge in [-0.25, -0.2) is 4.79 Å². The van der Waals surface area contributed by atoms with Gasteiger partial charge in [-0.2, -0.15) is 0 Å². The van der Waals surface area contributed by atoms with Crippen LogP contribution in [0.5, 0.6) is 0 Å². The van der Waals surface area contributed by atoms with Crippen molar-refractivity contribution >= 4 is 22.4 Å². The quantitative estimate of drug-likeness (QED) is 0.841. The predicted molar refractivity (Wildman–Crippen MR) is 93.3 cm³/mol. The lowest BCUT2D eigenvalue weighted by Gasteiger charge is -2.49. The van der Waals surface area contributed by atoms with Crippen LogP contribution in [-0.2, 0) is 4.74 Å². The van der Waals surface area contributed by atoms with Crippen molar-refractivity contribution in [2.75, 3.05) is 31.1 Å². The number of hydrogen-bond donors (Lipinski definition) is 0. The summed E-state index contributed by atoms with van der Waals surface area (Å²) in [7, 11) is 0. The van der Waals surface area contributed by atoms with Crippen molar-refractivity contribution < 1.29 is 9.53 Å². The first-order chi connectivity index (χ1) is 11.7. The van der Waals surface area contributed by atoms with Crippen LogP contribution in [0.4, 0.5) is 9.80 Å². The SMILES string of the molecule is O=C1OC2(CN3CCC2CC3)CN1c1ccc(-c2cccnc2)s1. The van der Waals surface area contributed by atoms with Crippen LogP contribution in [0.1, 0.15) is 12.8 Å². The molecule has 4 fully saturated rings. The Morgan fingerprint density at radius 2 is 2.08 bits per heavy atom. The Kier molecular flexibility index (Phi) is 3.18. The molecule has 1 atom stereocenters. The van der Waals surface area contributed by atoms with Gasteiger partial charge in [0.05, 0.1) is 6.54 Å². The van der Waals surface area contributed by atoms with E-state index in [1.54, 1.807) is 17.5 Å². The highest BCUT2D eigenvalue weighted by molar-refractivity contribution is 7.19. The Morgan fingerprint density at radius 1 is 1.21 bits per heavy atom. The van der Waals surface area contributed by atoms with E-state index in [0.717, 1.165) is 47.9 Å². The molecule has 124 valence electrons. The minimum atomic E-state index is -0.300. The number of carbonyl (C=O) groups excluding carboxylic acids is 1. The zero-order valence-corrected chi connectivity index (χ0v) is 14.2. The normalized spacial score (nSPS) is 31.7. The highest BCUT2D eigenvalue weighted by Crippen LogP contribution is 2.45. The van der Waals surface area contributed by atoms with Crippen LogP contribution >= 0.6 is 11.3 Å². The van der Waals surface area contributed by atoms with Crippen LogP contribution in [0.15, 0.2) is 36.7 Å². The summed E-state index contributed by atoms with van der Waals surface area (Å²) in [6.07, 6.45) is 5.72. The molecule has 0 N–H and O–H groups in total. The standard InChI is InChI=1S/C18H19N3O2S/c22-17-21(12-18(23-17)11-20-8-5-14(18)6-9-20)16-4-3-15(24-16)13-2-1-7-19-10-13/h1-4,7,10,14H,5-6,8-9,11-12H2. The fourth-order valence-corrected chi connectivity index (χ4v) is 5.30. The zero-order chi connectivity index (χ0) is 16.1. The van der Waals surface area contributed by atoms with Crippen molar-refractivity contribution in [2.24, 2.45) is 5.92 Å². The summed E-state index contributed by atoms with van der Waals surface area (Å²) < 4.78 is 5.95. The van der Waals surface area contributed by atoms with E-state index in [4.69, 9.17) is 4.74 Å². The average molecular weight is 341 g/mol. The molecular formula is C18H19N3O2S. The number of aromatic nitrogens is 1. The maximum atomic E-state index is 12.5. The van der Waals surface area contributed by atoms with Gasteiger partial charge in [-0.3, -0.25) is 14.8 Å². The maximum Gasteiger partial charge on any atom is 0.415 e. The van der Waals surface area contributed by atoms with Gasteiger partial charge in [-0.15, -0.1) is 11.3 Å². The van der Waals surface area contributed by atoms with E-state index < -0.39 is 0 Å². The lowest BCUT2D eigenvalue weighted by molar-refractivity contribution is -0.0881. The number of piperidine rings is 3. The number of rotatable bonds is 2. The van der Waals surface area contributed by atoms with Crippen LogP contribution in [0.25, 0.3) is 10.4 Å². The Hall–Kier alpha value is -1.92. The van der Waals surface area contributed by atoms with Crippen molar-refractivity contribution in [2.45, 2.75) is 18.4 Å². The molecule has 6 heteroatoms. The van der Waals surface area contributed by atoms with E-state index in [-0.39, 0.29) is 11.7 Å². The molecule has 0 saturated carbocycles. The lowest BCUT2D eigenvalue weighted by Crippen LogP contribution is -2.61. The van der Waals surface area contributed by atoms with Gasteiger partial charge in [0.1, 0.15) is 10.6 Å². The second-order valence-electron chi connectivity index (χ2n) is 6.95. The second kappa shape index (κ2) is 5.29. The van der Waals surface area contributed by atoms with Crippen molar-refractivity contribution in [3.8, 4) is 10.4 Å². The molecular weight excluding hydrogens is 322 g/mol. The zero-order valence-electron chi connectivity index (χ0n) is 13.4. The first kappa shape index (κ1) is 14.4. The van der Waals surface area contributed by atoms with Gasteiger partial charge in [-0.1, -0.05) is 6.07 Å². The Balaban J connectivity index is 1.42. The number of amides is 1. The van der Waals surface area contributed by atoms with E-state index in [9.17, 15) is 4.79 Å². The molecule has 1 spiro atoms. The molecule has 2 bridgehead atoms. The molecule has 0 aliphatic carbocycles. The molecule has 1 amide bonds. The highest BCUT2D eigenvalue weighted by atomic mass is 32.1. The molecule has 4 aliphatic rings. The summed E-state index contributed by atoms with van der Waals surface area (Å²) in [6, 6.07) is 8.06. The van der Waals surface area contributed by atoms with Gasteiger partial charge in [0, 0.05) is 35.3 Å². The number of nitrogens with zero attached hydrogens (tertiary/aromatic N) is 3. The summed E-state index contributed by atoms with van der Waals surface area (Å²) in [4.78, 5) is 22.1. The third kappa shape index (κ3) is 2.17. The van der Waals surface area contributed by atoms with E-state index >= 15 is 0 Å². The lowest BCUT2D eigenvalue weighted by atomic mass is 9.75. The average Bonchev–Trinajstić information content (AvgIpc) is 3.22. The summed E-state index contributed by atoms with van der Waals surface area (Å²) in [5.41, 5.74) is 0.783. The molecule has 2 aromatic rings. The monoisotopic (exact) mass is 341 g/mol. The van der Waals surface area contributed by atoms with Gasteiger partial charge < -0.3 is 4.74 Å². The van der Waals surface area contributed by atoms with Gasteiger partial charge in [-0.05, 0) is 44.1 Å². The van der Waals surface area contributed by atoms with Crippen molar-refractivity contribution in [3.63, 3.8) is 0 Å². The molecule has 6 heterocycles. The number of hydrogen-bond acceptors (Lipinski definition) is 5. The predicted octanol–water partition coefficient (Wildman–Crippen LogP) is 3.23. The van der Waals surface area contributed by atoms with Gasteiger partial charge in [0.2, 0.25) is 0 Å². The minimum absolute atomic E-state index is 0.191. The maximum absolute atomic E-state index is 12.5. The summed E-state index contributed by atoms with van der Waals surface area (Å²) in [5, 5.41) is 0.965. The molecule has 2 aromatic heterocycles. The first-order valence-corrected chi connectivity index (χ1v) is 9.28. The minimum Gasteiger partial charge on any atom is -0.439 e. The number of pyridine rings is 1. The molecule has 24 heavy (non-hydrogen) atoms. The van der Waals surface area contributed by atoms with Crippen molar-refractivity contribution in [1.29, 1.82) is 0 Å². The van der Waals surface area contributed by atoms with Crippen LogP contribution in [0.3, 0.4) is 0 Å². The molecule has 0 aromatic carbocycles. The van der Waals surface area contributed by atoms with Crippen molar-refractivity contribution in [1.82, 2.24) is 9.88 Å². The van der Waals surface area contributed by atoms with Gasteiger partial charge in [0.15, 0.2) is 0 Å². The van der Waals surface area contributed by atoms with Crippen molar-refractivity contribution in [3.05, 3.63) is 36.7 Å². The third-order valence-electron chi connectivity index (χ3n) is 5.56. The molecule has 0 radical (unpaired) electrons. The highest BCUT2D eigenvalue weighted by Gasteiger charge is 2.55. The van der Waals surface area contributed by atoms with Crippen LogP contribution in [0.2, 0.25) is 0 Å². The number of thiophene rings is 1. The summed E-state index contributed by atoms with van der Waals surface area (Å²) in [5.74, 6) is 0.509. The second-order valence-corrected chi connectivity index (χ2v) is 8.01. The smallest absolute Gasteiger partial charge is 0.415 e. The Labute approximate surface area is 144 Å². The van der Waals surface area contributed by atoms with E-state index in [1.807, 2.05) is 29.3 Å². The van der Waals surface area contributed by atoms with E-state index in [0.29, 0.717) is 12.5 Å². The summed E-state index contributed by atoms with van der Waals surface area (Å²) in [6.45, 7) is 3.86. The fraction of sp³-hybridized carbons (Fsp3) is 0.444. The number of ether oxygens (including phenoxy) is 1. The van der Waals surface area contributed by atoms with E-state index in [2.05, 4.69) is 16.0 Å². The third-order valence-corrected chi connectivity index (χ3v) is 6.72.